The molecule has 5 heteroatoms. The highest BCUT2D eigenvalue weighted by atomic mass is 35.5. The van der Waals surface area contributed by atoms with E-state index in [0.29, 0.717) is 5.56 Å². The number of nitrogens with two attached hydrogens (primary N) is 1. The number of anilines is 1. The normalized spacial score (nSPS) is 23.1. The fourth-order valence-corrected chi connectivity index (χ4v) is 2.85. The number of hydrogen-bond acceptors (Lipinski definition) is 3. The summed E-state index contributed by atoms with van der Waals surface area (Å²) >= 11 is 5.80. The third-order valence-electron chi connectivity index (χ3n) is 3.84. The van der Waals surface area contributed by atoms with Crippen LogP contribution >= 0.6 is 11.6 Å². The number of nitrogens with zero attached hydrogens (tertiary/aromatic N) is 1. The summed E-state index contributed by atoms with van der Waals surface area (Å²) in [5, 5.41) is 3.30. The zero-order valence-electron chi connectivity index (χ0n) is 11.2. The molecule has 1 amide bonds. The van der Waals surface area contributed by atoms with E-state index in [0.717, 1.165) is 18.8 Å². The molecule has 4 nitrogen and oxygen atoms in total. The van der Waals surface area contributed by atoms with Gasteiger partial charge in [-0.3, -0.25) is 4.79 Å². The van der Waals surface area contributed by atoms with Crippen molar-refractivity contribution in [3.8, 4) is 0 Å². The van der Waals surface area contributed by atoms with Crippen molar-refractivity contribution in [2.75, 3.05) is 5.73 Å². The van der Waals surface area contributed by atoms with Crippen molar-refractivity contribution < 1.29 is 4.79 Å². The molecule has 1 aliphatic carbocycles. The van der Waals surface area contributed by atoms with E-state index in [-0.39, 0.29) is 22.9 Å². The standard InChI is InChI=1S/C14H20ClN3O/c1-2-9-3-5-11(6-4-9)17-14(19)10-7-12(15)18-13(16)8-10/h7-9,11H,2-6H2,1H3,(H2,16,18)(H,17,19). The highest BCUT2D eigenvalue weighted by molar-refractivity contribution is 6.29. The van der Waals surface area contributed by atoms with Crippen LogP contribution in [-0.2, 0) is 0 Å². The Morgan fingerprint density at radius 1 is 1.42 bits per heavy atom. The number of carbonyl (C=O) groups excluding carboxylic acids is 1. The summed E-state index contributed by atoms with van der Waals surface area (Å²) in [5.41, 5.74) is 6.07. The quantitative estimate of drug-likeness (QED) is 0.837. The molecule has 19 heavy (non-hydrogen) atoms. The topological polar surface area (TPSA) is 68.0 Å². The number of rotatable bonds is 3. The summed E-state index contributed by atoms with van der Waals surface area (Å²) in [6, 6.07) is 3.37. The molecule has 1 saturated carbocycles. The molecule has 0 unspecified atom stereocenters. The Morgan fingerprint density at radius 2 is 2.11 bits per heavy atom. The van der Waals surface area contributed by atoms with Crippen molar-refractivity contribution in [3.63, 3.8) is 0 Å². The molecule has 0 aromatic carbocycles. The van der Waals surface area contributed by atoms with E-state index in [9.17, 15) is 4.79 Å². The second kappa shape index (κ2) is 6.24. The molecule has 0 atom stereocenters. The Labute approximate surface area is 118 Å². The lowest BCUT2D eigenvalue weighted by atomic mass is 9.84. The first-order valence-corrected chi connectivity index (χ1v) is 7.20. The summed E-state index contributed by atoms with van der Waals surface area (Å²) in [5.74, 6) is 0.974. The van der Waals surface area contributed by atoms with Crippen LogP contribution in [0.15, 0.2) is 12.1 Å². The maximum absolute atomic E-state index is 12.1. The van der Waals surface area contributed by atoms with Gasteiger partial charge in [-0.15, -0.1) is 0 Å². The fourth-order valence-electron chi connectivity index (χ4n) is 2.63. The Balaban J connectivity index is 1.94. The first-order valence-electron chi connectivity index (χ1n) is 6.82. The van der Waals surface area contributed by atoms with E-state index in [1.165, 1.54) is 19.3 Å². The molecule has 0 aliphatic heterocycles. The van der Waals surface area contributed by atoms with Crippen molar-refractivity contribution in [3.05, 3.63) is 22.8 Å². The highest BCUT2D eigenvalue weighted by Gasteiger charge is 2.21. The van der Waals surface area contributed by atoms with Gasteiger partial charge in [0.25, 0.3) is 5.91 Å². The summed E-state index contributed by atoms with van der Waals surface area (Å²) in [7, 11) is 0. The van der Waals surface area contributed by atoms with Crippen molar-refractivity contribution in [2.45, 2.75) is 45.1 Å². The summed E-state index contributed by atoms with van der Waals surface area (Å²) in [6.07, 6.45) is 5.73. The zero-order chi connectivity index (χ0) is 13.8. The molecule has 3 N–H and O–H groups in total. The molecular weight excluding hydrogens is 262 g/mol. The molecule has 1 heterocycles. The van der Waals surface area contributed by atoms with Crippen LogP contribution in [0.3, 0.4) is 0 Å². The largest absolute Gasteiger partial charge is 0.384 e. The lowest BCUT2D eigenvalue weighted by molar-refractivity contribution is 0.0921. The molecule has 1 aromatic rings. The molecule has 0 saturated heterocycles. The van der Waals surface area contributed by atoms with E-state index < -0.39 is 0 Å². The molecule has 1 aliphatic rings. The van der Waals surface area contributed by atoms with Gasteiger partial charge in [-0.1, -0.05) is 24.9 Å². The second-order valence-corrected chi connectivity index (χ2v) is 5.59. The molecular formula is C14H20ClN3O. The predicted octanol–water partition coefficient (Wildman–Crippen LogP) is 3.02. The molecule has 1 aromatic heterocycles. The van der Waals surface area contributed by atoms with Crippen molar-refractivity contribution in [1.82, 2.24) is 10.3 Å². The Hall–Kier alpha value is -1.29. The lowest BCUT2D eigenvalue weighted by Gasteiger charge is -2.28. The van der Waals surface area contributed by atoms with Crippen LogP contribution in [0.4, 0.5) is 5.82 Å². The fraction of sp³-hybridized carbons (Fsp3) is 0.571. The summed E-state index contributed by atoms with van der Waals surface area (Å²) < 4.78 is 0. The molecule has 2 rings (SSSR count). The van der Waals surface area contributed by atoms with E-state index in [2.05, 4.69) is 17.2 Å². The van der Waals surface area contributed by atoms with Gasteiger partial charge < -0.3 is 11.1 Å². The van der Waals surface area contributed by atoms with Crippen LogP contribution < -0.4 is 11.1 Å². The number of hydrogen-bond donors (Lipinski definition) is 2. The molecule has 0 bridgehead atoms. The van der Waals surface area contributed by atoms with Crippen LogP contribution in [0.5, 0.6) is 0 Å². The minimum atomic E-state index is -0.115. The van der Waals surface area contributed by atoms with Gasteiger partial charge in [0.2, 0.25) is 0 Å². The van der Waals surface area contributed by atoms with Gasteiger partial charge in [0, 0.05) is 11.6 Å². The van der Waals surface area contributed by atoms with Gasteiger partial charge in [-0.2, -0.15) is 0 Å². The Morgan fingerprint density at radius 3 is 2.68 bits per heavy atom. The van der Waals surface area contributed by atoms with Crippen molar-refractivity contribution in [2.24, 2.45) is 5.92 Å². The van der Waals surface area contributed by atoms with Gasteiger partial charge in [0.1, 0.15) is 11.0 Å². The van der Waals surface area contributed by atoms with Crippen LogP contribution in [0, 0.1) is 5.92 Å². The first kappa shape index (κ1) is 14.1. The number of aromatic nitrogens is 1. The maximum Gasteiger partial charge on any atom is 0.251 e. The smallest absolute Gasteiger partial charge is 0.251 e. The lowest BCUT2D eigenvalue weighted by Crippen LogP contribution is -2.37. The highest BCUT2D eigenvalue weighted by Crippen LogP contribution is 2.26. The van der Waals surface area contributed by atoms with Gasteiger partial charge in [-0.05, 0) is 43.7 Å². The number of halogens is 1. The van der Waals surface area contributed by atoms with Crippen LogP contribution in [0.1, 0.15) is 49.4 Å². The van der Waals surface area contributed by atoms with Crippen LogP contribution in [0.25, 0.3) is 0 Å². The van der Waals surface area contributed by atoms with Crippen molar-refractivity contribution >= 4 is 23.3 Å². The Kier molecular flexibility index (Phi) is 4.64. The minimum Gasteiger partial charge on any atom is -0.384 e. The minimum absolute atomic E-state index is 0.115. The second-order valence-electron chi connectivity index (χ2n) is 5.20. The average Bonchev–Trinajstić information content (AvgIpc) is 2.38. The number of nitrogen functional groups attached to an aromatic ring is 1. The molecule has 104 valence electrons. The van der Waals surface area contributed by atoms with Crippen LogP contribution in [-0.4, -0.2) is 16.9 Å². The van der Waals surface area contributed by atoms with Crippen molar-refractivity contribution in [1.29, 1.82) is 0 Å². The third kappa shape index (κ3) is 3.83. The maximum atomic E-state index is 12.1. The zero-order valence-corrected chi connectivity index (χ0v) is 11.9. The van der Waals surface area contributed by atoms with E-state index >= 15 is 0 Å². The SMILES string of the molecule is CCC1CCC(NC(=O)c2cc(N)nc(Cl)c2)CC1. The van der Waals surface area contributed by atoms with Gasteiger partial charge in [-0.25, -0.2) is 4.98 Å². The van der Waals surface area contributed by atoms with Crippen LogP contribution in [0.2, 0.25) is 5.15 Å². The summed E-state index contributed by atoms with van der Waals surface area (Å²) in [4.78, 5) is 16.0. The third-order valence-corrected chi connectivity index (χ3v) is 4.03. The number of amides is 1. The first-order chi connectivity index (χ1) is 9.08. The van der Waals surface area contributed by atoms with E-state index in [1.807, 2.05) is 0 Å². The molecule has 0 spiro atoms. The van der Waals surface area contributed by atoms with Gasteiger partial charge in [0.15, 0.2) is 0 Å². The monoisotopic (exact) mass is 281 g/mol. The molecule has 0 radical (unpaired) electrons. The van der Waals surface area contributed by atoms with Gasteiger partial charge in [0.05, 0.1) is 0 Å². The average molecular weight is 282 g/mol. The Bertz CT molecular complexity index is 436. The summed E-state index contributed by atoms with van der Waals surface area (Å²) in [6.45, 7) is 2.23. The van der Waals surface area contributed by atoms with Gasteiger partial charge >= 0.3 is 0 Å². The van der Waals surface area contributed by atoms with E-state index in [1.54, 1.807) is 12.1 Å². The number of nitrogens with one attached hydrogen (secondary N) is 1. The molecule has 1 fully saturated rings. The van der Waals surface area contributed by atoms with E-state index in [4.69, 9.17) is 17.3 Å². The number of carbonyl (C=O) groups is 1. The number of pyridine rings is 1. The predicted molar refractivity (Wildman–Crippen MR) is 77.2 cm³/mol.